The van der Waals surface area contributed by atoms with Gasteiger partial charge in [-0.15, -0.1) is 0 Å². The van der Waals surface area contributed by atoms with E-state index < -0.39 is 0 Å². The van der Waals surface area contributed by atoms with E-state index in [4.69, 9.17) is 9.47 Å². The number of aliphatic imine (C=N–C) groups is 1. The lowest BCUT2D eigenvalue weighted by Gasteiger charge is -2.28. The minimum atomic E-state index is 0.132. The highest BCUT2D eigenvalue weighted by Gasteiger charge is 2.23. The van der Waals surface area contributed by atoms with Gasteiger partial charge in [-0.2, -0.15) is 0 Å². The number of nitrogens with zero attached hydrogens (tertiary/aromatic N) is 2. The smallest absolute Gasteiger partial charge is 0.197 e. The number of aromatic nitrogens is 1. The van der Waals surface area contributed by atoms with E-state index in [0.29, 0.717) is 6.10 Å². The highest BCUT2D eigenvalue weighted by atomic mass is 16.5. The maximum atomic E-state index is 10.6. The van der Waals surface area contributed by atoms with E-state index in [9.17, 15) is 5.11 Å². The highest BCUT2D eigenvalue weighted by Crippen LogP contribution is 2.36. The minimum absolute atomic E-state index is 0.132. The largest absolute Gasteiger partial charge is 0.494 e. The molecule has 6 nitrogen and oxygen atoms in total. The van der Waals surface area contributed by atoms with Gasteiger partial charge in [0.1, 0.15) is 12.1 Å². The summed E-state index contributed by atoms with van der Waals surface area (Å²) >= 11 is 0. The van der Waals surface area contributed by atoms with Crippen molar-refractivity contribution in [2.45, 2.75) is 37.9 Å². The van der Waals surface area contributed by atoms with Crippen LogP contribution in [0.2, 0.25) is 0 Å². The van der Waals surface area contributed by atoms with Crippen LogP contribution in [-0.4, -0.2) is 35.7 Å². The normalized spacial score (nSPS) is 21.3. The standard InChI is InChI=1S/C23H23N3O3/c1-28-15-6-8-16(9-7-15)29-21-4-2-3-19-22(21)17(23(27)26-19)11-14-5-10-18-20(12-14)25-13-24-18/h2-5,10-13,15-16,26-27H,6-9H2,1H3/b14-11+. The molecular formula is C23H23N3O3. The molecule has 0 saturated heterocycles. The molecule has 1 aromatic heterocycles. The fourth-order valence-corrected chi connectivity index (χ4v) is 4.19. The minimum Gasteiger partial charge on any atom is -0.494 e. The van der Waals surface area contributed by atoms with Gasteiger partial charge in [0, 0.05) is 12.7 Å². The average molecular weight is 389 g/mol. The Bertz CT molecular complexity index is 1200. The van der Waals surface area contributed by atoms with E-state index in [-0.39, 0.29) is 12.0 Å². The maximum absolute atomic E-state index is 10.6. The highest BCUT2D eigenvalue weighted by molar-refractivity contribution is 5.96. The van der Waals surface area contributed by atoms with Crippen molar-refractivity contribution >= 4 is 29.0 Å². The number of nitrogens with one attached hydrogen (secondary N) is 1. The fourth-order valence-electron chi connectivity index (χ4n) is 4.19. The van der Waals surface area contributed by atoms with Gasteiger partial charge in [-0.3, -0.25) is 0 Å². The van der Waals surface area contributed by atoms with Gasteiger partial charge in [0.2, 0.25) is 0 Å². The van der Waals surface area contributed by atoms with Crippen molar-refractivity contribution in [3.05, 3.63) is 52.5 Å². The fraction of sp³-hybridized carbons (Fsp3) is 0.304. The van der Waals surface area contributed by atoms with Crippen molar-refractivity contribution in [2.75, 3.05) is 7.11 Å². The SMILES string of the molecule is COC1CCC(Oc2cccc3[nH]c(O)c(/C=c4\ccc5c(c4)N=CN=5)c23)CC1. The van der Waals surface area contributed by atoms with Crippen LogP contribution in [-0.2, 0) is 4.74 Å². The number of rotatable bonds is 4. The lowest BCUT2D eigenvalue weighted by Crippen LogP contribution is -2.27. The van der Waals surface area contributed by atoms with Gasteiger partial charge in [0.25, 0.3) is 0 Å². The van der Waals surface area contributed by atoms with Crippen LogP contribution in [0.3, 0.4) is 0 Å². The number of H-pyrrole nitrogens is 1. The van der Waals surface area contributed by atoms with E-state index in [1.165, 1.54) is 0 Å². The molecule has 2 N–H and O–H groups in total. The van der Waals surface area contributed by atoms with Crippen LogP contribution in [0.15, 0.2) is 46.4 Å². The molecule has 2 aliphatic rings. The van der Waals surface area contributed by atoms with Gasteiger partial charge in [-0.1, -0.05) is 12.1 Å². The number of aromatic amines is 1. The first-order chi connectivity index (χ1) is 14.2. The summed E-state index contributed by atoms with van der Waals surface area (Å²) in [6, 6.07) is 11.8. The summed E-state index contributed by atoms with van der Waals surface area (Å²) in [5.74, 6) is 0.924. The molecule has 1 aliphatic carbocycles. The van der Waals surface area contributed by atoms with Gasteiger partial charge in [0.05, 0.1) is 34.2 Å². The molecule has 2 heterocycles. The number of hydrogen-bond acceptors (Lipinski definition) is 5. The molecule has 6 heteroatoms. The van der Waals surface area contributed by atoms with E-state index >= 15 is 0 Å². The van der Waals surface area contributed by atoms with E-state index in [1.807, 2.05) is 42.5 Å². The summed E-state index contributed by atoms with van der Waals surface area (Å²) in [6.07, 6.45) is 7.96. The quantitative estimate of drug-likeness (QED) is 0.718. The molecule has 29 heavy (non-hydrogen) atoms. The molecular weight excluding hydrogens is 366 g/mol. The molecule has 0 atom stereocenters. The summed E-state index contributed by atoms with van der Waals surface area (Å²) in [5.41, 5.74) is 2.41. The summed E-state index contributed by atoms with van der Waals surface area (Å²) in [5, 5.41) is 13.3. The summed E-state index contributed by atoms with van der Waals surface area (Å²) in [4.78, 5) is 11.5. The zero-order chi connectivity index (χ0) is 19.8. The van der Waals surface area contributed by atoms with E-state index in [2.05, 4.69) is 15.0 Å². The Labute approximate surface area is 168 Å². The van der Waals surface area contributed by atoms with Gasteiger partial charge in [-0.05, 0) is 61.2 Å². The first-order valence-corrected chi connectivity index (χ1v) is 9.96. The molecule has 3 aromatic rings. The topological polar surface area (TPSA) is 79.2 Å². The first-order valence-electron chi connectivity index (χ1n) is 9.96. The molecule has 2 aromatic carbocycles. The second-order valence-electron chi connectivity index (χ2n) is 7.58. The van der Waals surface area contributed by atoms with Crippen LogP contribution in [0.1, 0.15) is 31.2 Å². The number of fused-ring (bicyclic) bond motifs is 2. The predicted molar refractivity (Wildman–Crippen MR) is 113 cm³/mol. The Balaban J connectivity index is 1.53. The number of aromatic hydroxyl groups is 1. The third kappa shape index (κ3) is 3.40. The van der Waals surface area contributed by atoms with Crippen LogP contribution in [0.4, 0.5) is 5.69 Å². The molecule has 1 saturated carbocycles. The zero-order valence-corrected chi connectivity index (χ0v) is 16.3. The van der Waals surface area contributed by atoms with Gasteiger partial charge >= 0.3 is 0 Å². The third-order valence-electron chi connectivity index (χ3n) is 5.76. The van der Waals surface area contributed by atoms with Gasteiger partial charge in [-0.25, -0.2) is 9.98 Å². The second kappa shape index (κ2) is 7.37. The Kier molecular flexibility index (Phi) is 4.56. The first kappa shape index (κ1) is 17.9. The van der Waals surface area contributed by atoms with Crippen molar-refractivity contribution in [1.82, 2.24) is 4.98 Å². The van der Waals surface area contributed by atoms with Crippen LogP contribution in [0.5, 0.6) is 11.6 Å². The van der Waals surface area contributed by atoms with Crippen LogP contribution in [0, 0.1) is 0 Å². The number of hydrogen-bond donors (Lipinski definition) is 2. The second-order valence-corrected chi connectivity index (χ2v) is 7.58. The Morgan fingerprint density at radius 2 is 1.93 bits per heavy atom. The molecule has 0 amide bonds. The molecule has 0 spiro atoms. The maximum Gasteiger partial charge on any atom is 0.197 e. The van der Waals surface area contributed by atoms with E-state index in [1.54, 1.807) is 13.4 Å². The molecule has 0 unspecified atom stereocenters. The average Bonchev–Trinajstić information content (AvgIpc) is 3.33. The van der Waals surface area contributed by atoms with E-state index in [0.717, 1.165) is 64.2 Å². The van der Waals surface area contributed by atoms with Crippen molar-refractivity contribution < 1.29 is 14.6 Å². The number of benzene rings is 2. The van der Waals surface area contributed by atoms with Crippen molar-refractivity contribution in [3.63, 3.8) is 0 Å². The number of methoxy groups -OCH3 is 1. The van der Waals surface area contributed by atoms with Crippen molar-refractivity contribution in [2.24, 2.45) is 9.98 Å². The predicted octanol–water partition coefficient (Wildman–Crippen LogP) is 3.33. The van der Waals surface area contributed by atoms with Crippen LogP contribution < -0.4 is 15.3 Å². The molecule has 1 aliphatic heterocycles. The molecule has 0 bridgehead atoms. The van der Waals surface area contributed by atoms with Crippen LogP contribution >= 0.6 is 0 Å². The van der Waals surface area contributed by atoms with Gasteiger partial charge < -0.3 is 19.6 Å². The lowest BCUT2D eigenvalue weighted by molar-refractivity contribution is 0.0332. The number of ether oxygens (including phenoxy) is 2. The summed E-state index contributed by atoms with van der Waals surface area (Å²) in [6.45, 7) is 0. The Morgan fingerprint density at radius 1 is 1.10 bits per heavy atom. The zero-order valence-electron chi connectivity index (χ0n) is 16.3. The monoisotopic (exact) mass is 389 g/mol. The Hall–Kier alpha value is -3.12. The molecule has 0 radical (unpaired) electrons. The summed E-state index contributed by atoms with van der Waals surface area (Å²) < 4.78 is 11.8. The van der Waals surface area contributed by atoms with Crippen molar-refractivity contribution in [3.8, 4) is 11.6 Å². The van der Waals surface area contributed by atoms with Crippen molar-refractivity contribution in [1.29, 1.82) is 0 Å². The summed E-state index contributed by atoms with van der Waals surface area (Å²) in [7, 11) is 1.77. The molecule has 5 rings (SSSR count). The molecule has 148 valence electrons. The van der Waals surface area contributed by atoms with Crippen LogP contribution in [0.25, 0.3) is 17.0 Å². The molecule has 1 fully saturated rings. The van der Waals surface area contributed by atoms with Gasteiger partial charge in [0.15, 0.2) is 5.88 Å². The Morgan fingerprint density at radius 3 is 2.76 bits per heavy atom. The third-order valence-corrected chi connectivity index (χ3v) is 5.76. The lowest BCUT2D eigenvalue weighted by atomic mass is 9.95.